The molecule has 2 heterocycles. The molecule has 4 rings (SSSR count). The highest BCUT2D eigenvalue weighted by molar-refractivity contribution is 6.05. The molecule has 1 unspecified atom stereocenters. The first-order chi connectivity index (χ1) is 16.5. The van der Waals surface area contributed by atoms with Gasteiger partial charge in [-0.3, -0.25) is 24.6 Å². The number of ether oxygens (including phenoxy) is 1. The largest absolute Gasteiger partial charge is 0.465 e. The Balaban J connectivity index is 1.61. The summed E-state index contributed by atoms with van der Waals surface area (Å²) < 4.78 is 58.0. The van der Waals surface area contributed by atoms with Gasteiger partial charge >= 0.3 is 12.7 Å². The second-order valence-corrected chi connectivity index (χ2v) is 7.90. The van der Waals surface area contributed by atoms with Crippen molar-refractivity contribution in [2.24, 2.45) is 0 Å². The molecule has 1 saturated heterocycles. The van der Waals surface area contributed by atoms with E-state index >= 15 is 0 Å². The molecule has 0 aromatic heterocycles. The quantitative estimate of drug-likeness (QED) is 0.470. The summed E-state index contributed by atoms with van der Waals surface area (Å²) in [6.45, 7) is -4.04. The number of fused-ring (bicyclic) bond motifs is 1. The number of hydrogen-bond acceptors (Lipinski definition) is 5. The van der Waals surface area contributed by atoms with Gasteiger partial charge in [-0.25, -0.2) is 13.6 Å². The Bertz CT molecular complexity index is 1240. The maximum atomic E-state index is 14.9. The highest BCUT2D eigenvalue weighted by Gasteiger charge is 2.40. The molecule has 1 fully saturated rings. The van der Waals surface area contributed by atoms with Crippen molar-refractivity contribution in [1.29, 1.82) is 0 Å². The Morgan fingerprint density at radius 2 is 1.91 bits per heavy atom. The van der Waals surface area contributed by atoms with Gasteiger partial charge in [-0.1, -0.05) is 0 Å². The van der Waals surface area contributed by atoms with Crippen LogP contribution in [0, 0.1) is 11.6 Å². The van der Waals surface area contributed by atoms with Crippen LogP contribution in [0.4, 0.5) is 28.0 Å². The second kappa shape index (κ2) is 9.24. The number of carbonyl (C=O) groups is 4. The summed E-state index contributed by atoms with van der Waals surface area (Å²) in [7, 11) is 0. The lowest BCUT2D eigenvalue weighted by Crippen LogP contribution is -2.52. The molecule has 1 atom stereocenters. The third-order valence-corrected chi connectivity index (χ3v) is 5.63. The number of carboxylic acid groups (broad SMARTS) is 1. The van der Waals surface area contributed by atoms with Gasteiger partial charge in [0.05, 0.1) is 18.8 Å². The Morgan fingerprint density at radius 3 is 2.57 bits per heavy atom. The first kappa shape index (κ1) is 24.0. The van der Waals surface area contributed by atoms with Crippen LogP contribution in [0.5, 0.6) is 5.75 Å². The van der Waals surface area contributed by atoms with Gasteiger partial charge in [-0.05, 0) is 30.2 Å². The zero-order valence-electron chi connectivity index (χ0n) is 17.8. The average molecular weight is 495 g/mol. The molecule has 2 aromatic rings. The number of rotatable bonds is 6. The fourth-order valence-electron chi connectivity index (χ4n) is 4.09. The summed E-state index contributed by atoms with van der Waals surface area (Å²) in [6.07, 6.45) is -1.51. The number of nitrogens with one attached hydrogen (secondary N) is 1. The number of carbonyl (C=O) groups excluding carboxylic acids is 3. The van der Waals surface area contributed by atoms with Gasteiger partial charge < -0.3 is 14.7 Å². The van der Waals surface area contributed by atoms with Crippen LogP contribution in [0.1, 0.15) is 34.3 Å². The minimum atomic E-state index is -3.27. The number of alkyl halides is 2. The van der Waals surface area contributed by atoms with Crippen molar-refractivity contribution in [2.75, 3.05) is 4.90 Å². The fourth-order valence-corrected chi connectivity index (χ4v) is 4.09. The first-order valence-electron chi connectivity index (χ1n) is 10.3. The molecule has 2 aromatic carbocycles. The first-order valence-corrected chi connectivity index (χ1v) is 10.3. The van der Waals surface area contributed by atoms with Crippen molar-refractivity contribution in [3.63, 3.8) is 0 Å². The van der Waals surface area contributed by atoms with E-state index in [1.807, 2.05) is 0 Å². The van der Waals surface area contributed by atoms with Crippen LogP contribution < -0.4 is 15.0 Å². The molecule has 0 radical (unpaired) electrons. The maximum absolute atomic E-state index is 14.9. The summed E-state index contributed by atoms with van der Waals surface area (Å²) in [5, 5.41) is 11.7. The SMILES string of the molecule is O=C1CCC(N2Cc3c(F)cc(CN(C(=O)O)c4cc(F)cc(OC(F)F)c4)cc3C2=O)C(=O)N1. The molecule has 0 bridgehead atoms. The van der Waals surface area contributed by atoms with Crippen molar-refractivity contribution in [3.8, 4) is 5.75 Å². The third kappa shape index (κ3) is 4.88. The predicted octanol–water partition coefficient (Wildman–Crippen LogP) is 3.01. The lowest BCUT2D eigenvalue weighted by atomic mass is 10.0. The predicted molar refractivity (Wildman–Crippen MR) is 110 cm³/mol. The zero-order chi connectivity index (χ0) is 25.4. The Morgan fingerprint density at radius 1 is 1.17 bits per heavy atom. The maximum Gasteiger partial charge on any atom is 0.412 e. The van der Waals surface area contributed by atoms with Gasteiger partial charge in [0, 0.05) is 29.7 Å². The van der Waals surface area contributed by atoms with E-state index < -0.39 is 60.4 Å². The molecular weight excluding hydrogens is 478 g/mol. The van der Waals surface area contributed by atoms with Gasteiger partial charge in [0.2, 0.25) is 11.8 Å². The molecule has 2 aliphatic heterocycles. The Kier molecular flexibility index (Phi) is 6.33. The molecule has 4 amide bonds. The Labute approximate surface area is 194 Å². The molecule has 184 valence electrons. The molecule has 2 N–H and O–H groups in total. The van der Waals surface area contributed by atoms with Crippen molar-refractivity contribution in [3.05, 3.63) is 58.7 Å². The minimum Gasteiger partial charge on any atom is -0.465 e. The molecule has 35 heavy (non-hydrogen) atoms. The van der Waals surface area contributed by atoms with Gasteiger partial charge in [0.25, 0.3) is 5.91 Å². The summed E-state index contributed by atoms with van der Waals surface area (Å²) in [6, 6.07) is 3.57. The van der Waals surface area contributed by atoms with E-state index in [0.29, 0.717) is 11.0 Å². The molecular formula is C22H17F4N3O6. The summed E-state index contributed by atoms with van der Waals surface area (Å²) in [5.74, 6) is -4.30. The van der Waals surface area contributed by atoms with Gasteiger partial charge in [-0.15, -0.1) is 0 Å². The number of nitrogens with zero attached hydrogens (tertiary/aromatic N) is 2. The summed E-state index contributed by atoms with van der Waals surface area (Å²) in [5.41, 5.74) is -0.423. The minimum absolute atomic E-state index is 0.00343. The highest BCUT2D eigenvalue weighted by Crippen LogP contribution is 2.32. The van der Waals surface area contributed by atoms with E-state index in [9.17, 15) is 41.8 Å². The Hall–Kier alpha value is -4.16. The van der Waals surface area contributed by atoms with Crippen LogP contribution in [-0.4, -0.2) is 46.5 Å². The fraction of sp³-hybridized carbons (Fsp3) is 0.273. The molecule has 0 saturated carbocycles. The lowest BCUT2D eigenvalue weighted by Gasteiger charge is -2.29. The van der Waals surface area contributed by atoms with E-state index in [1.165, 1.54) is 6.07 Å². The normalized spacial score (nSPS) is 17.5. The second-order valence-electron chi connectivity index (χ2n) is 7.90. The molecule has 13 heteroatoms. The lowest BCUT2D eigenvalue weighted by molar-refractivity contribution is -0.136. The van der Waals surface area contributed by atoms with Crippen LogP contribution in [0.2, 0.25) is 0 Å². The van der Waals surface area contributed by atoms with Crippen LogP contribution in [0.3, 0.4) is 0 Å². The standard InChI is InChI=1S/C22H17F4N3O6/c23-11-5-12(7-13(6-11)35-21(25)26)28(22(33)34)8-10-3-14-15(16(24)4-10)9-29(20(14)32)17-1-2-18(30)27-19(17)31/h3-7,17,21H,1-2,8-9H2,(H,33,34)(H,27,30,31). The van der Waals surface area contributed by atoms with Crippen LogP contribution in [0.15, 0.2) is 30.3 Å². The van der Waals surface area contributed by atoms with E-state index in [-0.39, 0.29) is 41.8 Å². The van der Waals surface area contributed by atoms with E-state index in [1.54, 1.807) is 0 Å². The third-order valence-electron chi connectivity index (χ3n) is 5.63. The molecule has 2 aliphatic rings. The number of anilines is 1. The van der Waals surface area contributed by atoms with Crippen LogP contribution >= 0.6 is 0 Å². The number of piperidine rings is 1. The van der Waals surface area contributed by atoms with E-state index in [4.69, 9.17) is 0 Å². The average Bonchev–Trinajstić information content (AvgIpc) is 3.08. The number of benzene rings is 2. The number of imide groups is 1. The van der Waals surface area contributed by atoms with Gasteiger partial charge in [0.15, 0.2) is 0 Å². The summed E-state index contributed by atoms with van der Waals surface area (Å²) >= 11 is 0. The topological polar surface area (TPSA) is 116 Å². The van der Waals surface area contributed by atoms with Crippen molar-refractivity contribution in [1.82, 2.24) is 10.2 Å². The van der Waals surface area contributed by atoms with Crippen molar-refractivity contribution in [2.45, 2.75) is 38.6 Å². The zero-order valence-corrected chi connectivity index (χ0v) is 17.8. The van der Waals surface area contributed by atoms with E-state index in [2.05, 4.69) is 10.1 Å². The van der Waals surface area contributed by atoms with Crippen molar-refractivity contribution < 1.29 is 46.6 Å². The summed E-state index contributed by atoms with van der Waals surface area (Å²) in [4.78, 5) is 50.0. The van der Waals surface area contributed by atoms with Crippen LogP contribution in [0.25, 0.3) is 0 Å². The number of amides is 4. The molecule has 9 nitrogen and oxygen atoms in total. The molecule has 0 aliphatic carbocycles. The van der Waals surface area contributed by atoms with E-state index in [0.717, 1.165) is 23.1 Å². The number of halogens is 4. The van der Waals surface area contributed by atoms with Crippen LogP contribution in [-0.2, 0) is 22.7 Å². The van der Waals surface area contributed by atoms with Gasteiger partial charge in [-0.2, -0.15) is 8.78 Å². The monoisotopic (exact) mass is 495 g/mol. The number of hydrogen-bond donors (Lipinski definition) is 2. The van der Waals surface area contributed by atoms with Crippen molar-refractivity contribution >= 4 is 29.5 Å². The molecule has 0 spiro atoms. The highest BCUT2D eigenvalue weighted by atomic mass is 19.3. The van der Waals surface area contributed by atoms with Gasteiger partial charge in [0.1, 0.15) is 23.4 Å². The smallest absolute Gasteiger partial charge is 0.412 e.